The molecule has 0 unspecified atom stereocenters. The molecule has 2 heterocycles. The molecule has 2 aromatic carbocycles. The van der Waals surface area contributed by atoms with Gasteiger partial charge in [-0.2, -0.15) is 0 Å². The number of thiazole rings is 1. The van der Waals surface area contributed by atoms with Crippen molar-refractivity contribution in [1.82, 2.24) is 9.88 Å². The topological polar surface area (TPSA) is 45.7 Å². The van der Waals surface area contributed by atoms with Crippen LogP contribution in [-0.4, -0.2) is 55.2 Å². The largest absolute Gasteiger partial charge is 0.379 e. The monoisotopic (exact) mass is 427 g/mol. The van der Waals surface area contributed by atoms with Crippen LogP contribution in [0.4, 0.5) is 9.52 Å². The van der Waals surface area contributed by atoms with Gasteiger partial charge < -0.3 is 4.74 Å². The first-order valence-electron chi connectivity index (χ1n) is 10.3. The van der Waals surface area contributed by atoms with Crippen LogP contribution in [-0.2, 0) is 16.0 Å². The summed E-state index contributed by atoms with van der Waals surface area (Å²) in [7, 11) is 0. The molecule has 1 fully saturated rings. The fourth-order valence-electron chi connectivity index (χ4n) is 3.72. The Morgan fingerprint density at radius 2 is 2.03 bits per heavy atom. The molecule has 0 bridgehead atoms. The third kappa shape index (κ3) is 5.03. The van der Waals surface area contributed by atoms with Crippen LogP contribution in [0, 0.1) is 12.7 Å². The number of amides is 1. The average molecular weight is 428 g/mol. The number of anilines is 1. The Balaban J connectivity index is 1.53. The Kier molecular flexibility index (Phi) is 6.72. The molecule has 0 aliphatic carbocycles. The van der Waals surface area contributed by atoms with Crippen molar-refractivity contribution in [3.63, 3.8) is 0 Å². The van der Waals surface area contributed by atoms with Gasteiger partial charge in [-0.25, -0.2) is 9.37 Å². The van der Waals surface area contributed by atoms with Gasteiger partial charge >= 0.3 is 0 Å². The predicted octanol–water partition coefficient (Wildman–Crippen LogP) is 4.04. The normalized spacial score (nSPS) is 14.9. The van der Waals surface area contributed by atoms with Crippen LogP contribution in [0.25, 0.3) is 10.2 Å². The van der Waals surface area contributed by atoms with E-state index in [1.807, 2.05) is 37.3 Å². The van der Waals surface area contributed by atoms with E-state index in [0.717, 1.165) is 55.1 Å². The SMILES string of the molecule is Cc1cccc(CC(=O)N(CCCN2CCOCC2)c2nc3c(F)cccc3s2)c1. The highest BCUT2D eigenvalue weighted by molar-refractivity contribution is 7.22. The number of benzene rings is 2. The highest BCUT2D eigenvalue weighted by Gasteiger charge is 2.21. The molecule has 0 N–H and O–H groups in total. The molecule has 158 valence electrons. The molecule has 1 aliphatic heterocycles. The molecule has 4 rings (SSSR count). The minimum absolute atomic E-state index is 0.0120. The number of aromatic nitrogens is 1. The summed E-state index contributed by atoms with van der Waals surface area (Å²) in [6.45, 7) is 6.83. The van der Waals surface area contributed by atoms with Gasteiger partial charge in [0, 0.05) is 26.2 Å². The van der Waals surface area contributed by atoms with Gasteiger partial charge in [-0.3, -0.25) is 14.6 Å². The number of carbonyl (C=O) groups is 1. The van der Waals surface area contributed by atoms with Crippen LogP contribution < -0.4 is 4.90 Å². The summed E-state index contributed by atoms with van der Waals surface area (Å²) < 4.78 is 20.3. The highest BCUT2D eigenvalue weighted by Crippen LogP contribution is 2.31. The molecular weight excluding hydrogens is 401 g/mol. The number of para-hydroxylation sites is 1. The van der Waals surface area contributed by atoms with Crippen LogP contribution in [0.2, 0.25) is 0 Å². The van der Waals surface area contributed by atoms with Gasteiger partial charge in [0.15, 0.2) is 5.13 Å². The van der Waals surface area contributed by atoms with E-state index in [4.69, 9.17) is 4.74 Å². The first-order chi connectivity index (χ1) is 14.6. The lowest BCUT2D eigenvalue weighted by Gasteiger charge is -2.27. The maximum Gasteiger partial charge on any atom is 0.233 e. The third-order valence-electron chi connectivity index (χ3n) is 5.29. The Bertz CT molecular complexity index is 1020. The Labute approximate surface area is 180 Å². The molecule has 30 heavy (non-hydrogen) atoms. The zero-order chi connectivity index (χ0) is 20.9. The van der Waals surface area contributed by atoms with E-state index < -0.39 is 0 Å². The minimum Gasteiger partial charge on any atom is -0.379 e. The molecule has 1 amide bonds. The lowest BCUT2D eigenvalue weighted by atomic mass is 10.1. The fourth-order valence-corrected chi connectivity index (χ4v) is 4.74. The first-order valence-corrected chi connectivity index (χ1v) is 11.1. The van der Waals surface area contributed by atoms with Crippen molar-refractivity contribution in [1.29, 1.82) is 0 Å². The quantitative estimate of drug-likeness (QED) is 0.571. The Morgan fingerprint density at radius 3 is 2.80 bits per heavy atom. The molecule has 1 saturated heterocycles. The lowest BCUT2D eigenvalue weighted by molar-refractivity contribution is -0.118. The van der Waals surface area contributed by atoms with E-state index >= 15 is 0 Å². The van der Waals surface area contributed by atoms with Crippen LogP contribution in [0.5, 0.6) is 0 Å². The van der Waals surface area contributed by atoms with E-state index in [0.29, 0.717) is 23.6 Å². The van der Waals surface area contributed by atoms with Gasteiger partial charge in [0.2, 0.25) is 5.91 Å². The first kappa shape index (κ1) is 20.9. The summed E-state index contributed by atoms with van der Waals surface area (Å²) in [5, 5.41) is 0.565. The maximum absolute atomic E-state index is 14.2. The second-order valence-electron chi connectivity index (χ2n) is 7.60. The minimum atomic E-state index is -0.352. The van der Waals surface area contributed by atoms with Crippen molar-refractivity contribution >= 4 is 32.6 Å². The molecular formula is C23H26FN3O2S. The average Bonchev–Trinajstić information content (AvgIpc) is 3.17. The summed E-state index contributed by atoms with van der Waals surface area (Å²) in [6, 6.07) is 12.9. The number of hydrogen-bond acceptors (Lipinski definition) is 5. The zero-order valence-electron chi connectivity index (χ0n) is 17.1. The molecule has 0 spiro atoms. The van der Waals surface area contributed by atoms with Gasteiger partial charge in [-0.15, -0.1) is 0 Å². The highest BCUT2D eigenvalue weighted by atomic mass is 32.1. The number of aryl methyl sites for hydroxylation is 1. The number of morpholine rings is 1. The molecule has 0 radical (unpaired) electrons. The second kappa shape index (κ2) is 9.64. The van der Waals surface area contributed by atoms with Crippen LogP contribution in [0.1, 0.15) is 17.5 Å². The van der Waals surface area contributed by atoms with Crippen molar-refractivity contribution in [2.24, 2.45) is 0 Å². The van der Waals surface area contributed by atoms with E-state index in [9.17, 15) is 9.18 Å². The number of fused-ring (bicyclic) bond motifs is 1. The number of carbonyl (C=O) groups excluding carboxylic acids is 1. The van der Waals surface area contributed by atoms with E-state index in [-0.39, 0.29) is 11.7 Å². The smallest absolute Gasteiger partial charge is 0.233 e. The number of hydrogen-bond donors (Lipinski definition) is 0. The molecule has 3 aromatic rings. The Hall–Kier alpha value is -2.35. The molecule has 7 heteroatoms. The van der Waals surface area contributed by atoms with E-state index in [2.05, 4.69) is 9.88 Å². The molecule has 1 aromatic heterocycles. The van der Waals surface area contributed by atoms with Gasteiger partial charge in [0.1, 0.15) is 11.3 Å². The summed E-state index contributed by atoms with van der Waals surface area (Å²) >= 11 is 1.37. The third-order valence-corrected chi connectivity index (χ3v) is 6.33. The zero-order valence-corrected chi connectivity index (χ0v) is 18.0. The second-order valence-corrected chi connectivity index (χ2v) is 8.61. The van der Waals surface area contributed by atoms with Gasteiger partial charge in [-0.05, 0) is 31.0 Å². The van der Waals surface area contributed by atoms with Crippen LogP contribution in [0.15, 0.2) is 42.5 Å². The number of nitrogens with zero attached hydrogens (tertiary/aromatic N) is 3. The van der Waals surface area contributed by atoms with Gasteiger partial charge in [-0.1, -0.05) is 47.2 Å². The summed E-state index contributed by atoms with van der Waals surface area (Å²) in [5.41, 5.74) is 2.44. The predicted molar refractivity (Wildman–Crippen MR) is 119 cm³/mol. The van der Waals surface area contributed by atoms with Gasteiger partial charge in [0.05, 0.1) is 24.3 Å². The molecule has 1 aliphatic rings. The molecule has 0 atom stereocenters. The Morgan fingerprint density at radius 1 is 1.23 bits per heavy atom. The van der Waals surface area contributed by atoms with Crippen molar-refractivity contribution < 1.29 is 13.9 Å². The van der Waals surface area contributed by atoms with Crippen molar-refractivity contribution in [3.05, 3.63) is 59.4 Å². The number of halogens is 1. The van der Waals surface area contributed by atoms with E-state index in [1.165, 1.54) is 17.4 Å². The van der Waals surface area contributed by atoms with Crippen molar-refractivity contribution in [3.8, 4) is 0 Å². The lowest BCUT2D eigenvalue weighted by Crippen LogP contribution is -2.39. The van der Waals surface area contributed by atoms with Crippen LogP contribution in [0.3, 0.4) is 0 Å². The number of ether oxygens (including phenoxy) is 1. The summed E-state index contributed by atoms with van der Waals surface area (Å²) in [5.74, 6) is -0.364. The van der Waals surface area contributed by atoms with Gasteiger partial charge in [0.25, 0.3) is 0 Å². The number of rotatable bonds is 7. The summed E-state index contributed by atoms with van der Waals surface area (Å²) in [6.07, 6.45) is 1.13. The standard InChI is InChI=1S/C23H26FN3O2S/c1-17-5-2-6-18(15-17)16-21(28)27(10-4-9-26-11-13-29-14-12-26)23-25-22-19(24)7-3-8-20(22)30-23/h2-3,5-8,15H,4,9-14,16H2,1H3. The van der Waals surface area contributed by atoms with E-state index in [1.54, 1.807) is 11.0 Å². The van der Waals surface area contributed by atoms with Crippen molar-refractivity contribution in [2.45, 2.75) is 19.8 Å². The van der Waals surface area contributed by atoms with Crippen LogP contribution >= 0.6 is 11.3 Å². The molecule has 0 saturated carbocycles. The summed E-state index contributed by atoms with van der Waals surface area (Å²) in [4.78, 5) is 21.8. The fraction of sp³-hybridized carbons (Fsp3) is 0.391. The molecule has 5 nitrogen and oxygen atoms in total. The van der Waals surface area contributed by atoms with Crippen molar-refractivity contribution in [2.75, 3.05) is 44.3 Å². The maximum atomic E-state index is 14.2.